The highest BCUT2D eigenvalue weighted by atomic mass is 35.5. The van der Waals surface area contributed by atoms with Crippen LogP contribution >= 0.6 is 24.0 Å². The Bertz CT molecular complexity index is 327. The van der Waals surface area contributed by atoms with E-state index >= 15 is 0 Å². The van der Waals surface area contributed by atoms with E-state index in [-0.39, 0.29) is 23.2 Å². The van der Waals surface area contributed by atoms with Crippen LogP contribution in [0.4, 0.5) is 8.78 Å². The van der Waals surface area contributed by atoms with Gasteiger partial charge in [0, 0.05) is 0 Å². The molecule has 16 heavy (non-hydrogen) atoms. The Hall–Kier alpha value is -0.580. The summed E-state index contributed by atoms with van der Waals surface area (Å²) in [5.74, 6) is -0.641. The molecule has 0 bridgehead atoms. The van der Waals surface area contributed by atoms with Gasteiger partial charge in [-0.15, -0.1) is 12.4 Å². The van der Waals surface area contributed by atoms with E-state index in [1.807, 2.05) is 0 Å². The Morgan fingerprint density at radius 3 is 2.56 bits per heavy atom. The molecule has 0 aromatic heterocycles. The Morgan fingerprint density at radius 2 is 2.12 bits per heavy atom. The van der Waals surface area contributed by atoms with Gasteiger partial charge >= 0.3 is 0 Å². The largest absolute Gasteiger partial charge is 0.489 e. The second-order valence-corrected chi connectivity index (χ2v) is 3.41. The molecule has 2 N–H and O–H groups in total. The maximum atomic E-state index is 13.4. The van der Waals surface area contributed by atoms with E-state index in [0.717, 1.165) is 6.07 Å². The average molecular weight is 272 g/mol. The number of rotatable bonds is 4. The highest BCUT2D eigenvalue weighted by Gasteiger charge is 2.14. The molecule has 0 radical (unpaired) electrons. The Labute approximate surface area is 104 Å². The molecule has 1 aromatic carbocycles. The summed E-state index contributed by atoms with van der Waals surface area (Å²) in [5.41, 5.74) is 5.74. The molecule has 0 saturated carbocycles. The summed E-state index contributed by atoms with van der Waals surface area (Å²) in [4.78, 5) is 0. The fourth-order valence-electron chi connectivity index (χ4n) is 1.16. The van der Waals surface area contributed by atoms with Crippen LogP contribution in [0.5, 0.6) is 5.75 Å². The van der Waals surface area contributed by atoms with Crippen molar-refractivity contribution < 1.29 is 13.5 Å². The molecule has 1 rings (SSSR count). The van der Waals surface area contributed by atoms with E-state index in [0.29, 0.717) is 12.2 Å². The van der Waals surface area contributed by atoms with Crippen molar-refractivity contribution in [2.24, 2.45) is 5.73 Å². The van der Waals surface area contributed by atoms with Crippen molar-refractivity contribution in [3.05, 3.63) is 28.5 Å². The van der Waals surface area contributed by atoms with Gasteiger partial charge in [0.1, 0.15) is 6.67 Å². The van der Waals surface area contributed by atoms with Crippen LogP contribution in [0.15, 0.2) is 12.1 Å². The molecule has 0 amide bonds. The van der Waals surface area contributed by atoms with Crippen molar-refractivity contribution in [2.75, 3.05) is 13.3 Å². The zero-order chi connectivity index (χ0) is 11.4. The van der Waals surface area contributed by atoms with Crippen LogP contribution in [-0.2, 0) is 0 Å². The fourth-order valence-corrected chi connectivity index (χ4v) is 1.44. The molecule has 0 saturated heterocycles. The molecule has 92 valence electrons. The predicted molar refractivity (Wildman–Crippen MR) is 62.7 cm³/mol. The van der Waals surface area contributed by atoms with Crippen molar-refractivity contribution in [3.63, 3.8) is 0 Å². The van der Waals surface area contributed by atoms with E-state index in [9.17, 15) is 8.78 Å². The minimum absolute atomic E-state index is 0. The van der Waals surface area contributed by atoms with E-state index < -0.39 is 18.5 Å². The Kier molecular flexibility index (Phi) is 6.64. The third-order valence-electron chi connectivity index (χ3n) is 1.90. The van der Waals surface area contributed by atoms with Gasteiger partial charge in [-0.1, -0.05) is 11.6 Å². The molecule has 0 heterocycles. The van der Waals surface area contributed by atoms with E-state index in [4.69, 9.17) is 22.1 Å². The van der Waals surface area contributed by atoms with Crippen LogP contribution in [0.25, 0.3) is 0 Å². The zero-order valence-corrected chi connectivity index (χ0v) is 10.2. The summed E-state index contributed by atoms with van der Waals surface area (Å²) in [7, 11) is 0. The fraction of sp³-hybridized carbons (Fsp3) is 0.400. The molecule has 2 nitrogen and oxygen atoms in total. The highest BCUT2D eigenvalue weighted by molar-refractivity contribution is 6.32. The third kappa shape index (κ3) is 3.47. The van der Waals surface area contributed by atoms with Crippen molar-refractivity contribution >= 4 is 24.0 Å². The van der Waals surface area contributed by atoms with Crippen LogP contribution in [0.1, 0.15) is 18.5 Å². The lowest BCUT2D eigenvalue weighted by atomic mass is 10.1. The Balaban J connectivity index is 0.00000225. The monoisotopic (exact) mass is 271 g/mol. The number of nitrogens with two attached hydrogens (primary N) is 1. The lowest BCUT2D eigenvalue weighted by molar-refractivity contribution is 0.321. The van der Waals surface area contributed by atoms with Gasteiger partial charge in [0.2, 0.25) is 0 Å². The smallest absolute Gasteiger partial charge is 0.173 e. The topological polar surface area (TPSA) is 35.2 Å². The molecule has 0 aliphatic carbocycles. The van der Waals surface area contributed by atoms with Crippen LogP contribution in [0, 0.1) is 5.82 Å². The maximum absolute atomic E-state index is 13.4. The summed E-state index contributed by atoms with van der Waals surface area (Å²) < 4.78 is 30.7. The second kappa shape index (κ2) is 6.89. The standard InChI is InChI=1S/C10H12ClF2NO.ClH/c1-2-15-10-7(11)3-6(4-8(10)13)9(14)5-12;/h3-4,9H,2,5,14H2,1H3;1H/t9-;/m1./s1. The van der Waals surface area contributed by atoms with E-state index in [1.54, 1.807) is 6.92 Å². The first-order valence-corrected chi connectivity index (χ1v) is 4.91. The number of alkyl halides is 1. The third-order valence-corrected chi connectivity index (χ3v) is 2.18. The SMILES string of the molecule is CCOc1c(F)cc([C@H](N)CF)cc1Cl.Cl. The maximum Gasteiger partial charge on any atom is 0.173 e. The summed E-state index contributed by atoms with van der Waals surface area (Å²) in [6.45, 7) is 1.27. The van der Waals surface area contributed by atoms with Gasteiger partial charge in [0.15, 0.2) is 11.6 Å². The average Bonchev–Trinajstić information content (AvgIpc) is 2.22. The lowest BCUT2D eigenvalue weighted by Crippen LogP contribution is -2.12. The molecular formula is C10H13Cl2F2NO. The molecule has 0 aliphatic rings. The van der Waals surface area contributed by atoms with Crippen LogP contribution in [0.3, 0.4) is 0 Å². The van der Waals surface area contributed by atoms with Gasteiger partial charge in [-0.05, 0) is 24.6 Å². The van der Waals surface area contributed by atoms with Gasteiger partial charge in [-0.2, -0.15) is 0 Å². The second-order valence-electron chi connectivity index (χ2n) is 3.01. The number of benzene rings is 1. The molecule has 1 atom stereocenters. The minimum atomic E-state index is -0.854. The summed E-state index contributed by atoms with van der Waals surface area (Å²) >= 11 is 5.77. The first-order chi connectivity index (χ1) is 7.10. The van der Waals surface area contributed by atoms with Gasteiger partial charge in [-0.3, -0.25) is 0 Å². The predicted octanol–water partition coefficient (Wildman–Crippen LogP) is 3.27. The lowest BCUT2D eigenvalue weighted by Gasteiger charge is -2.12. The van der Waals surface area contributed by atoms with Gasteiger partial charge in [0.05, 0.1) is 17.7 Å². The van der Waals surface area contributed by atoms with Crippen molar-refractivity contribution in [2.45, 2.75) is 13.0 Å². The number of hydrogen-bond donors (Lipinski definition) is 1. The van der Waals surface area contributed by atoms with Gasteiger partial charge in [0.25, 0.3) is 0 Å². The van der Waals surface area contributed by atoms with Crippen LogP contribution < -0.4 is 10.5 Å². The highest BCUT2D eigenvalue weighted by Crippen LogP contribution is 2.30. The quantitative estimate of drug-likeness (QED) is 0.912. The van der Waals surface area contributed by atoms with Crippen LogP contribution in [-0.4, -0.2) is 13.3 Å². The molecule has 0 spiro atoms. The minimum Gasteiger partial charge on any atom is -0.489 e. The van der Waals surface area contributed by atoms with Crippen molar-refractivity contribution in [1.82, 2.24) is 0 Å². The van der Waals surface area contributed by atoms with Gasteiger partial charge in [-0.25, -0.2) is 8.78 Å². The van der Waals surface area contributed by atoms with Crippen molar-refractivity contribution in [3.8, 4) is 5.75 Å². The molecular weight excluding hydrogens is 259 g/mol. The summed E-state index contributed by atoms with van der Waals surface area (Å²) in [6, 6.07) is 1.70. The molecule has 0 aliphatic heterocycles. The van der Waals surface area contributed by atoms with E-state index in [2.05, 4.69) is 0 Å². The summed E-state index contributed by atoms with van der Waals surface area (Å²) in [5, 5.41) is 0.107. The first kappa shape index (κ1) is 15.4. The number of ether oxygens (including phenoxy) is 1. The van der Waals surface area contributed by atoms with E-state index in [1.165, 1.54) is 6.07 Å². The summed E-state index contributed by atoms with van der Waals surface area (Å²) in [6.07, 6.45) is 0. The Morgan fingerprint density at radius 1 is 1.50 bits per heavy atom. The molecule has 6 heteroatoms. The molecule has 0 fully saturated rings. The molecule has 1 aromatic rings. The van der Waals surface area contributed by atoms with Gasteiger partial charge < -0.3 is 10.5 Å². The first-order valence-electron chi connectivity index (χ1n) is 4.53. The number of hydrogen-bond acceptors (Lipinski definition) is 2. The van der Waals surface area contributed by atoms with Crippen molar-refractivity contribution in [1.29, 1.82) is 0 Å². The normalized spacial score (nSPS) is 11.8. The zero-order valence-electron chi connectivity index (χ0n) is 8.67. The molecule has 0 unspecified atom stereocenters. The van der Waals surface area contributed by atoms with Crippen LogP contribution in [0.2, 0.25) is 5.02 Å². The number of halogens is 4.